The number of aromatic nitrogens is 1. The number of thiazole rings is 1. The van der Waals surface area contributed by atoms with E-state index < -0.39 is 10.0 Å². The largest absolute Gasteiger partial charge is 0.351 e. The van der Waals surface area contributed by atoms with Crippen LogP contribution in [0.25, 0.3) is 10.2 Å². The van der Waals surface area contributed by atoms with Crippen molar-refractivity contribution in [2.45, 2.75) is 24.7 Å². The van der Waals surface area contributed by atoms with Gasteiger partial charge < -0.3 is 10.2 Å². The van der Waals surface area contributed by atoms with Gasteiger partial charge in [0.15, 0.2) is 5.13 Å². The third-order valence-electron chi connectivity index (χ3n) is 7.14. The lowest BCUT2D eigenvalue weighted by Gasteiger charge is -2.34. The van der Waals surface area contributed by atoms with Gasteiger partial charge in [-0.1, -0.05) is 30.4 Å². The summed E-state index contributed by atoms with van der Waals surface area (Å²) in [4.78, 5) is 22.3. The molecule has 2 fully saturated rings. The Kier molecular flexibility index (Phi) is 7.57. The number of piperidine rings is 1. The molecule has 0 spiro atoms. The van der Waals surface area contributed by atoms with Crippen LogP contribution >= 0.6 is 11.3 Å². The van der Waals surface area contributed by atoms with Crippen LogP contribution in [0.1, 0.15) is 30.1 Å². The van der Waals surface area contributed by atoms with E-state index in [1.807, 2.05) is 12.1 Å². The van der Waals surface area contributed by atoms with E-state index in [9.17, 15) is 13.2 Å². The van der Waals surface area contributed by atoms with Gasteiger partial charge in [-0.05, 0) is 55.2 Å². The van der Waals surface area contributed by atoms with Crippen molar-refractivity contribution in [3.05, 3.63) is 54.1 Å². The normalized spacial score (nSPS) is 18.5. The van der Waals surface area contributed by atoms with Crippen LogP contribution in [-0.2, 0) is 10.0 Å². The van der Waals surface area contributed by atoms with Gasteiger partial charge in [0, 0.05) is 57.9 Å². The van der Waals surface area contributed by atoms with Crippen molar-refractivity contribution in [1.29, 1.82) is 0 Å². The summed E-state index contributed by atoms with van der Waals surface area (Å²) in [6.45, 7) is 8.27. The Morgan fingerprint density at radius 3 is 2.39 bits per heavy atom. The minimum absolute atomic E-state index is 0.182. The number of fused-ring (bicyclic) bond motifs is 1. The molecular weight excluding hydrogens is 494 g/mol. The lowest BCUT2D eigenvalue weighted by Crippen LogP contribution is -2.48. The fraction of sp³-hybridized carbons (Fsp3) is 0.462. The van der Waals surface area contributed by atoms with Gasteiger partial charge in [-0.2, -0.15) is 4.31 Å². The van der Waals surface area contributed by atoms with Crippen molar-refractivity contribution in [1.82, 2.24) is 19.5 Å². The van der Waals surface area contributed by atoms with E-state index in [4.69, 9.17) is 4.98 Å². The number of hydrogen-bond acceptors (Lipinski definition) is 7. The zero-order valence-corrected chi connectivity index (χ0v) is 22.2. The third-order valence-corrected chi connectivity index (χ3v) is 10.1. The van der Waals surface area contributed by atoms with Gasteiger partial charge in [-0.25, -0.2) is 13.4 Å². The lowest BCUT2D eigenvalue weighted by molar-refractivity contribution is 0.0947. The number of para-hydroxylation sites is 1. The molecule has 2 saturated heterocycles. The molecule has 0 radical (unpaired) electrons. The number of hydrogen-bond donors (Lipinski definition) is 1. The molecule has 1 aromatic heterocycles. The highest BCUT2D eigenvalue weighted by Gasteiger charge is 2.28. The van der Waals surface area contributed by atoms with Crippen LogP contribution in [0.3, 0.4) is 0 Å². The number of benzene rings is 2. The molecule has 1 amide bonds. The molecule has 36 heavy (non-hydrogen) atoms. The monoisotopic (exact) mass is 527 g/mol. The molecule has 8 nitrogen and oxygen atoms in total. The topological polar surface area (TPSA) is 85.8 Å². The van der Waals surface area contributed by atoms with Gasteiger partial charge in [0.05, 0.1) is 15.1 Å². The molecule has 0 unspecified atom stereocenters. The Labute approximate surface area is 217 Å². The van der Waals surface area contributed by atoms with Crippen molar-refractivity contribution in [3.8, 4) is 0 Å². The van der Waals surface area contributed by atoms with Crippen molar-refractivity contribution in [2.24, 2.45) is 5.92 Å². The summed E-state index contributed by atoms with van der Waals surface area (Å²) < 4.78 is 28.6. The van der Waals surface area contributed by atoms with Crippen LogP contribution in [-0.4, -0.2) is 80.9 Å². The van der Waals surface area contributed by atoms with Gasteiger partial charge in [0.1, 0.15) is 0 Å². The molecule has 0 bridgehead atoms. The predicted octanol–water partition coefficient (Wildman–Crippen LogP) is 3.27. The minimum atomic E-state index is -3.50. The third kappa shape index (κ3) is 5.56. The Balaban J connectivity index is 1.07. The van der Waals surface area contributed by atoms with Crippen LogP contribution in [0.4, 0.5) is 5.13 Å². The number of anilines is 1. The molecule has 1 N–H and O–H groups in total. The average Bonchev–Trinajstić information content (AvgIpc) is 3.34. The second-order valence-electron chi connectivity index (χ2n) is 9.66. The number of sulfonamides is 1. The standard InChI is InChI=1S/C26H33N5O3S2/c1-20-10-13-31(14-11-20)36(33,34)22-8-6-21(7-9-22)25(32)27-12-15-29-16-18-30(19-17-29)26-28-23-4-2-3-5-24(23)35-26/h2-9,20H,10-19H2,1H3,(H,27,32). The molecule has 3 heterocycles. The van der Waals surface area contributed by atoms with Gasteiger partial charge in [-0.15, -0.1) is 0 Å². The zero-order valence-electron chi connectivity index (χ0n) is 20.6. The molecule has 3 aromatic rings. The first-order valence-electron chi connectivity index (χ1n) is 12.6. The highest BCUT2D eigenvalue weighted by Crippen LogP contribution is 2.29. The summed E-state index contributed by atoms with van der Waals surface area (Å²) in [5.74, 6) is 0.379. The molecule has 5 rings (SSSR count). The number of amides is 1. The first-order valence-corrected chi connectivity index (χ1v) is 14.9. The van der Waals surface area contributed by atoms with E-state index >= 15 is 0 Å². The number of rotatable bonds is 7. The predicted molar refractivity (Wildman–Crippen MR) is 144 cm³/mol. The SMILES string of the molecule is CC1CCN(S(=O)(=O)c2ccc(C(=O)NCCN3CCN(c4nc5ccccc5s4)CC3)cc2)CC1. The molecule has 0 atom stereocenters. The van der Waals surface area contributed by atoms with E-state index in [-0.39, 0.29) is 10.8 Å². The van der Waals surface area contributed by atoms with Gasteiger partial charge >= 0.3 is 0 Å². The number of piperazine rings is 1. The van der Waals surface area contributed by atoms with Crippen LogP contribution in [0.5, 0.6) is 0 Å². The maximum Gasteiger partial charge on any atom is 0.251 e. The fourth-order valence-electron chi connectivity index (χ4n) is 4.74. The Hall–Kier alpha value is -2.53. The van der Waals surface area contributed by atoms with Gasteiger partial charge in [0.2, 0.25) is 10.0 Å². The van der Waals surface area contributed by atoms with Crippen molar-refractivity contribution < 1.29 is 13.2 Å². The first kappa shape index (κ1) is 25.1. The summed E-state index contributed by atoms with van der Waals surface area (Å²) in [5.41, 5.74) is 1.52. The Bertz CT molecular complexity index is 1260. The van der Waals surface area contributed by atoms with Crippen molar-refractivity contribution in [2.75, 3.05) is 57.3 Å². The average molecular weight is 528 g/mol. The first-order chi connectivity index (χ1) is 17.4. The minimum Gasteiger partial charge on any atom is -0.351 e. The molecule has 0 saturated carbocycles. The van der Waals surface area contributed by atoms with E-state index in [1.54, 1.807) is 39.9 Å². The molecular formula is C26H33N5O3S2. The van der Waals surface area contributed by atoms with Crippen LogP contribution in [0.2, 0.25) is 0 Å². The van der Waals surface area contributed by atoms with E-state index in [2.05, 4.69) is 34.2 Å². The summed E-state index contributed by atoms with van der Waals surface area (Å²) in [6.07, 6.45) is 1.77. The molecule has 192 valence electrons. The quantitative estimate of drug-likeness (QED) is 0.508. The lowest BCUT2D eigenvalue weighted by atomic mass is 10.0. The van der Waals surface area contributed by atoms with Crippen molar-refractivity contribution in [3.63, 3.8) is 0 Å². The van der Waals surface area contributed by atoms with Gasteiger partial charge in [-0.3, -0.25) is 9.69 Å². The van der Waals surface area contributed by atoms with E-state index in [0.29, 0.717) is 31.1 Å². The highest BCUT2D eigenvalue weighted by molar-refractivity contribution is 7.89. The molecule has 2 aliphatic rings. The second kappa shape index (κ2) is 10.8. The zero-order chi connectivity index (χ0) is 25.1. The smallest absolute Gasteiger partial charge is 0.251 e. The maximum atomic E-state index is 12.9. The maximum absolute atomic E-state index is 12.9. The van der Waals surface area contributed by atoms with Crippen LogP contribution < -0.4 is 10.2 Å². The number of nitrogens with one attached hydrogen (secondary N) is 1. The van der Waals surface area contributed by atoms with Crippen LogP contribution in [0, 0.1) is 5.92 Å². The summed E-state index contributed by atoms with van der Waals surface area (Å²) >= 11 is 1.73. The molecule has 2 aromatic carbocycles. The summed E-state index contributed by atoms with van der Waals surface area (Å²) in [5, 5.41) is 4.04. The molecule has 2 aliphatic heterocycles. The van der Waals surface area contributed by atoms with E-state index in [1.165, 1.54) is 4.70 Å². The number of nitrogens with zero attached hydrogens (tertiary/aromatic N) is 4. The number of carbonyl (C=O) groups excluding carboxylic acids is 1. The summed E-state index contributed by atoms with van der Waals surface area (Å²) in [6, 6.07) is 14.5. The molecule has 10 heteroatoms. The van der Waals surface area contributed by atoms with E-state index in [0.717, 1.165) is 56.2 Å². The Morgan fingerprint density at radius 1 is 1.00 bits per heavy atom. The van der Waals surface area contributed by atoms with Crippen molar-refractivity contribution >= 4 is 42.6 Å². The Morgan fingerprint density at radius 2 is 1.69 bits per heavy atom. The number of carbonyl (C=O) groups is 1. The highest BCUT2D eigenvalue weighted by atomic mass is 32.2. The van der Waals surface area contributed by atoms with Crippen LogP contribution in [0.15, 0.2) is 53.4 Å². The summed E-state index contributed by atoms with van der Waals surface area (Å²) in [7, 11) is -3.50. The second-order valence-corrected chi connectivity index (χ2v) is 12.6. The molecule has 0 aliphatic carbocycles. The van der Waals surface area contributed by atoms with Gasteiger partial charge in [0.25, 0.3) is 5.91 Å². The fourth-order valence-corrected chi connectivity index (χ4v) is 7.23.